The summed E-state index contributed by atoms with van der Waals surface area (Å²) in [6.07, 6.45) is 106. The van der Waals surface area contributed by atoms with Crippen LogP contribution in [0.4, 0.5) is 0 Å². The fraction of sp³-hybridized carbons (Fsp3) is 0.902. The first kappa shape index (κ1) is 98.5. The molecule has 0 aliphatic carbocycles. The zero-order valence-electron chi connectivity index (χ0n) is 68.6. The Morgan fingerprint density at radius 1 is 0.297 bits per heavy atom. The molecule has 0 rings (SSSR count). The van der Waals surface area contributed by atoms with Crippen LogP contribution in [0.15, 0.2) is 36.5 Å². The largest absolute Gasteiger partial charge is 0.477 e. The van der Waals surface area contributed by atoms with Gasteiger partial charge in [-0.1, -0.05) is 429 Å². The summed E-state index contributed by atoms with van der Waals surface area (Å²) in [5.74, 6) is -1.96. The third-order valence-corrected chi connectivity index (χ3v) is 20.9. The lowest BCUT2D eigenvalue weighted by Gasteiger charge is -2.25. The number of carbonyl (C=O) groups is 3. The maximum Gasteiger partial charge on any atom is 0.361 e. The molecule has 9 nitrogen and oxygen atoms in total. The molecule has 0 spiro atoms. The molecular formula is C92H176NO8+. The van der Waals surface area contributed by atoms with Crippen LogP contribution in [0.3, 0.4) is 0 Å². The molecule has 2 unspecified atom stereocenters. The molecule has 9 heteroatoms. The van der Waals surface area contributed by atoms with E-state index in [1.807, 2.05) is 21.1 Å². The maximum atomic E-state index is 13.0. The van der Waals surface area contributed by atoms with Gasteiger partial charge in [0.1, 0.15) is 13.2 Å². The van der Waals surface area contributed by atoms with E-state index in [0.717, 1.165) is 44.9 Å². The topological polar surface area (TPSA) is 108 Å². The highest BCUT2D eigenvalue weighted by Gasteiger charge is 2.25. The molecular weight excluding hydrogens is 1250 g/mol. The van der Waals surface area contributed by atoms with Crippen LogP contribution in [0, 0.1) is 0 Å². The average Bonchev–Trinajstić information content (AvgIpc) is 1.21. The first-order valence-electron chi connectivity index (χ1n) is 45.2. The standard InChI is InChI=1S/C92H175NO8/c1-6-8-10-12-14-16-18-20-22-24-26-28-30-32-34-36-38-40-42-43-44-45-46-47-49-51-53-55-57-59-61-63-65-67-69-71-73-75-77-79-81-83-90(95)101-88(87-100-92(91(96)97)98-85-84-93(3,4)5)86-99-89(94)82-80-78-76-74-72-70-68-66-64-62-60-58-56-54-52-50-48-41-39-37-35-33-31-29-27-25-23-21-19-17-15-13-11-9-7-2/h18,20,24-27,88,92H,6-17,19,21-23,28-87H2,1-5H3/p+1/b20-18-,26-24-,27-25-. The van der Waals surface area contributed by atoms with Gasteiger partial charge in [0.05, 0.1) is 34.4 Å². The third kappa shape index (κ3) is 84.6. The van der Waals surface area contributed by atoms with Crippen LogP contribution >= 0.6 is 0 Å². The van der Waals surface area contributed by atoms with E-state index in [1.165, 1.54) is 405 Å². The van der Waals surface area contributed by atoms with Gasteiger partial charge in [0.2, 0.25) is 0 Å². The number of nitrogens with zero attached hydrogens (tertiary/aromatic N) is 1. The van der Waals surface area contributed by atoms with Crippen LogP contribution in [0.2, 0.25) is 0 Å². The van der Waals surface area contributed by atoms with Crippen molar-refractivity contribution in [1.29, 1.82) is 0 Å². The zero-order valence-corrected chi connectivity index (χ0v) is 68.6. The molecule has 0 saturated heterocycles. The highest BCUT2D eigenvalue weighted by molar-refractivity contribution is 5.71. The minimum absolute atomic E-state index is 0.174. The third-order valence-electron chi connectivity index (χ3n) is 20.9. The molecule has 0 aromatic carbocycles. The molecule has 596 valence electrons. The summed E-state index contributed by atoms with van der Waals surface area (Å²) in [7, 11) is 6.01. The highest BCUT2D eigenvalue weighted by atomic mass is 16.7. The number of esters is 2. The van der Waals surface area contributed by atoms with Gasteiger partial charge >= 0.3 is 17.9 Å². The summed E-state index contributed by atoms with van der Waals surface area (Å²) in [5, 5.41) is 9.79. The van der Waals surface area contributed by atoms with Gasteiger partial charge in [-0.05, 0) is 70.6 Å². The van der Waals surface area contributed by atoms with E-state index in [9.17, 15) is 19.5 Å². The Kier molecular flexibility index (Phi) is 81.1. The Morgan fingerprint density at radius 2 is 0.535 bits per heavy atom. The van der Waals surface area contributed by atoms with Crippen LogP contribution in [0.25, 0.3) is 0 Å². The lowest BCUT2D eigenvalue weighted by atomic mass is 10.0. The number of rotatable bonds is 86. The monoisotopic (exact) mass is 1420 g/mol. The van der Waals surface area contributed by atoms with Crippen molar-refractivity contribution in [1.82, 2.24) is 0 Å². The van der Waals surface area contributed by atoms with Gasteiger partial charge in [0, 0.05) is 12.8 Å². The van der Waals surface area contributed by atoms with Crippen LogP contribution in [0.1, 0.15) is 476 Å². The summed E-state index contributed by atoms with van der Waals surface area (Å²) < 4.78 is 23.1. The molecule has 1 N–H and O–H groups in total. The minimum atomic E-state index is -1.51. The van der Waals surface area contributed by atoms with E-state index in [0.29, 0.717) is 17.4 Å². The van der Waals surface area contributed by atoms with Gasteiger partial charge < -0.3 is 28.5 Å². The van der Waals surface area contributed by atoms with E-state index in [4.69, 9.17) is 18.9 Å². The van der Waals surface area contributed by atoms with Gasteiger partial charge in [-0.25, -0.2) is 4.79 Å². The predicted molar refractivity (Wildman–Crippen MR) is 438 cm³/mol. The molecule has 0 amide bonds. The molecule has 0 aliphatic rings. The Morgan fingerprint density at radius 3 is 0.792 bits per heavy atom. The summed E-state index contributed by atoms with van der Waals surface area (Å²) >= 11 is 0. The first-order chi connectivity index (χ1) is 49.6. The van der Waals surface area contributed by atoms with Crippen molar-refractivity contribution >= 4 is 17.9 Å². The normalized spacial score (nSPS) is 12.7. The Bertz CT molecular complexity index is 1760. The van der Waals surface area contributed by atoms with Crippen LogP contribution in [0.5, 0.6) is 0 Å². The van der Waals surface area contributed by atoms with Crippen LogP contribution < -0.4 is 0 Å². The number of carbonyl (C=O) groups excluding carboxylic acids is 2. The maximum absolute atomic E-state index is 13.0. The van der Waals surface area contributed by atoms with E-state index in [-0.39, 0.29) is 38.2 Å². The molecule has 0 saturated carbocycles. The lowest BCUT2D eigenvalue weighted by Crippen LogP contribution is -2.40. The molecule has 0 aromatic heterocycles. The summed E-state index contributed by atoms with van der Waals surface area (Å²) in [5.41, 5.74) is 0. The summed E-state index contributed by atoms with van der Waals surface area (Å²) in [6.45, 7) is 4.96. The van der Waals surface area contributed by atoms with Gasteiger partial charge in [-0.2, -0.15) is 0 Å². The lowest BCUT2D eigenvalue weighted by molar-refractivity contribution is -0.870. The first-order valence-corrected chi connectivity index (χ1v) is 45.2. The van der Waals surface area contributed by atoms with Gasteiger partial charge in [-0.3, -0.25) is 9.59 Å². The number of hydrogen-bond acceptors (Lipinski definition) is 7. The minimum Gasteiger partial charge on any atom is -0.477 e. The Labute approximate surface area is 630 Å². The van der Waals surface area contributed by atoms with Gasteiger partial charge in [0.15, 0.2) is 6.10 Å². The Balaban J connectivity index is 3.88. The number of hydrogen-bond donors (Lipinski definition) is 1. The number of aliphatic carboxylic acids is 1. The zero-order chi connectivity index (χ0) is 73.2. The number of quaternary nitrogens is 1. The number of likely N-dealkylation sites (N-methyl/N-ethyl adjacent to an activating group) is 1. The molecule has 2 atom stereocenters. The number of unbranched alkanes of at least 4 members (excludes halogenated alkanes) is 65. The molecule has 0 aliphatic heterocycles. The van der Waals surface area contributed by atoms with E-state index >= 15 is 0 Å². The molecule has 0 fully saturated rings. The van der Waals surface area contributed by atoms with Crippen LogP contribution in [-0.2, 0) is 33.3 Å². The molecule has 0 radical (unpaired) electrons. The number of carboxylic acids is 1. The Hall–Kier alpha value is -2.49. The molecule has 0 aromatic rings. The fourth-order valence-corrected chi connectivity index (χ4v) is 14.0. The summed E-state index contributed by atoms with van der Waals surface area (Å²) in [4.78, 5) is 37.8. The SMILES string of the molecule is CCCCCCC/C=C\C/C=C\CCCCCCCCCCCCCCCCCCCCCCCCCCCCCCCC(=O)OC(COC(=O)CCCCCCCCCCCCCCCCCCCCCCCCC/C=C\CCCCCCCCCC)COC(OCC[N+](C)(C)C)C(=O)O. The van der Waals surface area contributed by atoms with Crippen molar-refractivity contribution in [3.63, 3.8) is 0 Å². The number of carboxylic acid groups (broad SMARTS) is 1. The molecule has 0 heterocycles. The van der Waals surface area contributed by atoms with Crippen molar-refractivity contribution in [2.75, 3.05) is 47.5 Å². The van der Waals surface area contributed by atoms with Crippen molar-refractivity contribution in [3.05, 3.63) is 36.5 Å². The van der Waals surface area contributed by atoms with Crippen LogP contribution in [-0.4, -0.2) is 87.4 Å². The van der Waals surface area contributed by atoms with E-state index in [1.54, 1.807) is 0 Å². The second kappa shape index (κ2) is 83.2. The van der Waals surface area contributed by atoms with Crippen molar-refractivity contribution in [3.8, 4) is 0 Å². The van der Waals surface area contributed by atoms with Crippen molar-refractivity contribution in [2.24, 2.45) is 0 Å². The second-order valence-electron chi connectivity index (χ2n) is 32.3. The van der Waals surface area contributed by atoms with Gasteiger partial charge in [0.25, 0.3) is 6.29 Å². The van der Waals surface area contributed by atoms with Crippen molar-refractivity contribution < 1.29 is 42.9 Å². The quantitative estimate of drug-likeness (QED) is 0.0211. The molecule has 0 bridgehead atoms. The molecule has 101 heavy (non-hydrogen) atoms. The van der Waals surface area contributed by atoms with E-state index in [2.05, 4.69) is 50.3 Å². The average molecular weight is 1420 g/mol. The fourth-order valence-electron chi connectivity index (χ4n) is 14.0. The van der Waals surface area contributed by atoms with Crippen molar-refractivity contribution in [2.45, 2.75) is 489 Å². The second-order valence-corrected chi connectivity index (χ2v) is 32.3. The highest BCUT2D eigenvalue weighted by Crippen LogP contribution is 2.21. The predicted octanol–water partition coefficient (Wildman–Crippen LogP) is 29.4. The number of allylic oxidation sites excluding steroid dienone is 6. The summed E-state index contributed by atoms with van der Waals surface area (Å²) in [6, 6.07) is 0. The smallest absolute Gasteiger partial charge is 0.361 e. The van der Waals surface area contributed by atoms with E-state index < -0.39 is 18.4 Å². The number of ether oxygens (including phenoxy) is 4. The van der Waals surface area contributed by atoms with Gasteiger partial charge in [-0.15, -0.1) is 0 Å².